The van der Waals surface area contributed by atoms with E-state index in [0.29, 0.717) is 38.8 Å². The number of piperidine rings is 1. The fourth-order valence-corrected chi connectivity index (χ4v) is 4.03. The lowest BCUT2D eigenvalue weighted by Gasteiger charge is -2.37. The van der Waals surface area contributed by atoms with Gasteiger partial charge in [-0.05, 0) is 37.8 Å². The van der Waals surface area contributed by atoms with Crippen molar-refractivity contribution in [2.45, 2.75) is 44.0 Å². The number of carbonyl (C=O) groups excluding carboxylic acids is 1. The summed E-state index contributed by atoms with van der Waals surface area (Å²) in [6, 6.07) is 9.60. The standard InChI is InChI=1S/C21H24F3N3O2/c22-21(23,24)13-27-9-6-16(7-10-27)26-20(28)15-11-17(12-15)29-18-5-1-3-14-4-2-8-25-19(14)18/h1-5,8,15-17H,6-7,9-13H2,(H,26,28). The van der Waals surface area contributed by atoms with E-state index in [1.807, 2.05) is 30.3 Å². The molecule has 1 aromatic carbocycles. The molecule has 1 saturated carbocycles. The predicted octanol–water partition coefficient (Wildman–Crippen LogP) is 3.54. The number of nitrogens with one attached hydrogen (secondary N) is 1. The van der Waals surface area contributed by atoms with E-state index in [9.17, 15) is 18.0 Å². The smallest absolute Gasteiger partial charge is 0.401 e. The second kappa shape index (κ2) is 8.18. The number of carbonyl (C=O) groups is 1. The molecule has 156 valence electrons. The molecule has 2 aliphatic rings. The van der Waals surface area contributed by atoms with E-state index >= 15 is 0 Å². The van der Waals surface area contributed by atoms with E-state index in [4.69, 9.17) is 4.74 Å². The fraction of sp³-hybridized carbons (Fsp3) is 0.524. The van der Waals surface area contributed by atoms with Gasteiger partial charge >= 0.3 is 6.18 Å². The van der Waals surface area contributed by atoms with Crippen LogP contribution in [0.15, 0.2) is 36.5 Å². The Labute approximate surface area is 167 Å². The molecule has 1 N–H and O–H groups in total. The molecule has 0 unspecified atom stereocenters. The summed E-state index contributed by atoms with van der Waals surface area (Å²) in [7, 11) is 0. The third-order valence-corrected chi connectivity index (χ3v) is 5.69. The first-order chi connectivity index (χ1) is 13.9. The van der Waals surface area contributed by atoms with Gasteiger partial charge in [0.2, 0.25) is 5.91 Å². The van der Waals surface area contributed by atoms with E-state index in [2.05, 4.69) is 10.3 Å². The number of aromatic nitrogens is 1. The Morgan fingerprint density at radius 1 is 1.17 bits per heavy atom. The highest BCUT2D eigenvalue weighted by Crippen LogP contribution is 2.34. The van der Waals surface area contributed by atoms with Crippen LogP contribution >= 0.6 is 0 Å². The molecular formula is C21H24F3N3O2. The molecule has 0 spiro atoms. The molecule has 29 heavy (non-hydrogen) atoms. The minimum absolute atomic E-state index is 0.0184. The molecule has 5 nitrogen and oxygen atoms in total. The van der Waals surface area contributed by atoms with Crippen molar-refractivity contribution in [3.05, 3.63) is 36.5 Å². The average molecular weight is 407 g/mol. The highest BCUT2D eigenvalue weighted by atomic mass is 19.4. The molecule has 0 bridgehead atoms. The number of likely N-dealkylation sites (tertiary alicyclic amines) is 1. The Kier molecular flexibility index (Phi) is 5.63. The van der Waals surface area contributed by atoms with Crippen LogP contribution in [-0.2, 0) is 4.79 Å². The van der Waals surface area contributed by atoms with Gasteiger partial charge in [0.15, 0.2) is 0 Å². The molecule has 4 rings (SSSR count). The summed E-state index contributed by atoms with van der Waals surface area (Å²) in [5.41, 5.74) is 0.813. The molecule has 2 heterocycles. The lowest BCUT2D eigenvalue weighted by atomic mass is 9.81. The Balaban J connectivity index is 1.22. The van der Waals surface area contributed by atoms with Gasteiger partial charge in [-0.15, -0.1) is 0 Å². The van der Waals surface area contributed by atoms with Gasteiger partial charge in [-0.3, -0.25) is 14.7 Å². The summed E-state index contributed by atoms with van der Waals surface area (Å²) < 4.78 is 43.4. The van der Waals surface area contributed by atoms with Crippen LogP contribution in [0.4, 0.5) is 13.2 Å². The zero-order valence-electron chi connectivity index (χ0n) is 16.0. The van der Waals surface area contributed by atoms with Crippen molar-refractivity contribution < 1.29 is 22.7 Å². The number of amides is 1. The normalized spacial score (nSPS) is 23.6. The number of ether oxygens (including phenoxy) is 1. The maximum Gasteiger partial charge on any atom is 0.401 e. The van der Waals surface area contributed by atoms with Crippen molar-refractivity contribution in [3.63, 3.8) is 0 Å². The van der Waals surface area contributed by atoms with E-state index in [1.165, 1.54) is 4.90 Å². The molecule has 0 radical (unpaired) electrons. The molecule has 1 aliphatic carbocycles. The van der Waals surface area contributed by atoms with Crippen LogP contribution in [-0.4, -0.2) is 53.7 Å². The Bertz CT molecular complexity index is 854. The number of halogens is 3. The largest absolute Gasteiger partial charge is 0.488 e. The maximum atomic E-state index is 12.5. The summed E-state index contributed by atoms with van der Waals surface area (Å²) in [5, 5.41) is 4.01. The average Bonchev–Trinajstić information content (AvgIpc) is 2.64. The van der Waals surface area contributed by atoms with Crippen molar-refractivity contribution in [2.24, 2.45) is 5.92 Å². The molecule has 8 heteroatoms. The Morgan fingerprint density at radius 3 is 2.62 bits per heavy atom. The van der Waals surface area contributed by atoms with E-state index in [1.54, 1.807) is 6.20 Å². The number of hydrogen-bond donors (Lipinski definition) is 1. The van der Waals surface area contributed by atoms with Gasteiger partial charge in [-0.25, -0.2) is 0 Å². The summed E-state index contributed by atoms with van der Waals surface area (Å²) >= 11 is 0. The summed E-state index contributed by atoms with van der Waals surface area (Å²) in [4.78, 5) is 18.2. The molecular weight excluding hydrogens is 383 g/mol. The van der Waals surface area contributed by atoms with Crippen LogP contribution in [0.1, 0.15) is 25.7 Å². The number of benzene rings is 1. The monoisotopic (exact) mass is 407 g/mol. The number of nitrogens with zero attached hydrogens (tertiary/aromatic N) is 2. The van der Waals surface area contributed by atoms with Gasteiger partial charge in [0.05, 0.1) is 6.54 Å². The first-order valence-corrected chi connectivity index (χ1v) is 9.97. The number of fused-ring (bicyclic) bond motifs is 1. The first kappa shape index (κ1) is 19.9. The van der Waals surface area contributed by atoms with E-state index in [0.717, 1.165) is 16.7 Å². The van der Waals surface area contributed by atoms with Crippen molar-refractivity contribution >= 4 is 16.8 Å². The van der Waals surface area contributed by atoms with Gasteiger partial charge < -0.3 is 10.1 Å². The number of rotatable bonds is 5. The topological polar surface area (TPSA) is 54.5 Å². The Morgan fingerprint density at radius 2 is 1.90 bits per heavy atom. The number of alkyl halides is 3. The van der Waals surface area contributed by atoms with Crippen LogP contribution in [0.2, 0.25) is 0 Å². The lowest BCUT2D eigenvalue weighted by Crippen LogP contribution is -2.50. The number of hydrogen-bond acceptors (Lipinski definition) is 4. The van der Waals surface area contributed by atoms with E-state index in [-0.39, 0.29) is 24.0 Å². The van der Waals surface area contributed by atoms with Crippen LogP contribution in [0.25, 0.3) is 10.9 Å². The maximum absolute atomic E-state index is 12.5. The van der Waals surface area contributed by atoms with Crippen molar-refractivity contribution in [1.29, 1.82) is 0 Å². The van der Waals surface area contributed by atoms with Gasteiger partial charge in [-0.2, -0.15) is 13.2 Å². The van der Waals surface area contributed by atoms with Gasteiger partial charge in [-0.1, -0.05) is 18.2 Å². The van der Waals surface area contributed by atoms with Crippen molar-refractivity contribution in [2.75, 3.05) is 19.6 Å². The summed E-state index contributed by atoms with van der Waals surface area (Å²) in [6.45, 7) is -0.164. The Hall–Kier alpha value is -2.35. The predicted molar refractivity (Wildman–Crippen MR) is 103 cm³/mol. The minimum Gasteiger partial charge on any atom is -0.488 e. The fourth-order valence-electron chi connectivity index (χ4n) is 4.03. The molecule has 1 aliphatic heterocycles. The van der Waals surface area contributed by atoms with E-state index < -0.39 is 12.7 Å². The minimum atomic E-state index is -4.17. The number of para-hydroxylation sites is 1. The van der Waals surface area contributed by atoms with Crippen LogP contribution < -0.4 is 10.1 Å². The summed E-state index contributed by atoms with van der Waals surface area (Å²) in [5.74, 6) is 0.607. The molecule has 0 atom stereocenters. The van der Waals surface area contributed by atoms with Crippen molar-refractivity contribution in [1.82, 2.24) is 15.2 Å². The lowest BCUT2D eigenvalue weighted by molar-refractivity contribution is -0.148. The molecule has 1 saturated heterocycles. The van der Waals surface area contributed by atoms with Crippen molar-refractivity contribution in [3.8, 4) is 5.75 Å². The zero-order chi connectivity index (χ0) is 20.4. The highest BCUT2D eigenvalue weighted by Gasteiger charge is 2.38. The quantitative estimate of drug-likeness (QED) is 0.824. The second-order valence-corrected chi connectivity index (χ2v) is 7.91. The zero-order valence-corrected chi connectivity index (χ0v) is 16.0. The van der Waals surface area contributed by atoms with Crippen LogP contribution in [0.3, 0.4) is 0 Å². The van der Waals surface area contributed by atoms with Gasteiger partial charge in [0, 0.05) is 36.6 Å². The second-order valence-electron chi connectivity index (χ2n) is 7.91. The molecule has 1 aromatic heterocycles. The SMILES string of the molecule is O=C(NC1CCN(CC(F)(F)F)CC1)C1CC(Oc2cccc3cccnc23)C1. The summed E-state index contributed by atoms with van der Waals surface area (Å²) in [6.07, 6.45) is -0.0778. The van der Waals surface area contributed by atoms with Gasteiger partial charge in [0.25, 0.3) is 0 Å². The van der Waals surface area contributed by atoms with Crippen LogP contribution in [0, 0.1) is 5.92 Å². The van der Waals surface area contributed by atoms with Crippen LogP contribution in [0.5, 0.6) is 5.75 Å². The first-order valence-electron chi connectivity index (χ1n) is 9.97. The third kappa shape index (κ3) is 4.98. The molecule has 2 fully saturated rings. The molecule has 1 amide bonds. The van der Waals surface area contributed by atoms with Gasteiger partial charge in [0.1, 0.15) is 17.4 Å². The number of pyridine rings is 1. The highest BCUT2D eigenvalue weighted by molar-refractivity contribution is 5.84. The third-order valence-electron chi connectivity index (χ3n) is 5.69. The molecule has 2 aromatic rings.